The van der Waals surface area contributed by atoms with Gasteiger partial charge >= 0.3 is 0 Å². The van der Waals surface area contributed by atoms with E-state index in [0.717, 1.165) is 19.4 Å². The average Bonchev–Trinajstić information content (AvgIpc) is 3.25. The molecule has 0 aliphatic carbocycles. The van der Waals surface area contributed by atoms with Gasteiger partial charge in [0.15, 0.2) is 0 Å². The van der Waals surface area contributed by atoms with E-state index in [-0.39, 0.29) is 48.0 Å². The van der Waals surface area contributed by atoms with Gasteiger partial charge in [0.25, 0.3) is 11.6 Å². The molecule has 1 saturated heterocycles. The van der Waals surface area contributed by atoms with Crippen LogP contribution in [-0.2, 0) is 0 Å². The number of aromatic nitrogens is 2. The van der Waals surface area contributed by atoms with Crippen molar-refractivity contribution in [3.63, 3.8) is 0 Å². The van der Waals surface area contributed by atoms with Crippen molar-refractivity contribution in [3.05, 3.63) is 52.6 Å². The zero-order valence-electron chi connectivity index (χ0n) is 13.3. The molecule has 0 radical (unpaired) electrons. The third-order valence-electron chi connectivity index (χ3n) is 3.89. The lowest BCUT2D eigenvalue weighted by Crippen LogP contribution is -2.37. The van der Waals surface area contributed by atoms with Crippen molar-refractivity contribution in [2.75, 3.05) is 13.1 Å². The summed E-state index contributed by atoms with van der Waals surface area (Å²) in [4.78, 5) is 26.9. The molecule has 2 heterocycles. The topological polar surface area (TPSA) is 102 Å². The number of nitro groups is 1. The van der Waals surface area contributed by atoms with Crippen LogP contribution in [0.15, 0.2) is 36.9 Å². The van der Waals surface area contributed by atoms with Gasteiger partial charge in [0.2, 0.25) is 0 Å². The molecule has 0 saturated carbocycles. The van der Waals surface area contributed by atoms with E-state index in [1.54, 1.807) is 29.1 Å². The van der Waals surface area contributed by atoms with Gasteiger partial charge in [0, 0.05) is 36.6 Å². The first kappa shape index (κ1) is 20.9. The predicted octanol–water partition coefficient (Wildman–Crippen LogP) is 2.11. The van der Waals surface area contributed by atoms with Gasteiger partial charge in [-0.2, -0.15) is 0 Å². The van der Waals surface area contributed by atoms with Gasteiger partial charge in [0.05, 0.1) is 11.3 Å². The molecule has 0 spiro atoms. The van der Waals surface area contributed by atoms with Crippen molar-refractivity contribution in [2.45, 2.75) is 18.9 Å². The molecule has 10 heteroatoms. The minimum absolute atomic E-state index is 0. The van der Waals surface area contributed by atoms with E-state index in [9.17, 15) is 14.9 Å². The summed E-state index contributed by atoms with van der Waals surface area (Å²) in [6.45, 7) is 1.49. The summed E-state index contributed by atoms with van der Waals surface area (Å²) in [6.07, 6.45) is 6.77. The number of carbonyl (C=O) groups excluding carboxylic acids is 1. The Labute approximate surface area is 157 Å². The van der Waals surface area contributed by atoms with Crippen molar-refractivity contribution in [2.24, 2.45) is 0 Å². The molecule has 1 aliphatic heterocycles. The Morgan fingerprint density at radius 2 is 2.24 bits per heavy atom. The SMILES string of the molecule is Cl.Cl.O=C(NCC1CCCN1)c1ccc(-n2ccnc2)c([N+](=O)[O-])c1. The van der Waals surface area contributed by atoms with E-state index in [1.807, 2.05) is 0 Å². The second-order valence-electron chi connectivity index (χ2n) is 5.43. The quantitative estimate of drug-likeness (QED) is 0.603. The Bertz CT molecular complexity index is 718. The standard InChI is InChI=1S/C15H17N5O3.2ClH/c21-15(18-9-12-2-1-5-17-12)11-3-4-13(14(8-11)20(22)23)19-7-6-16-10-19;;/h3-4,6-8,10,12,17H,1-2,5,9H2,(H,18,21);2*1H. The highest BCUT2D eigenvalue weighted by Gasteiger charge is 2.20. The number of rotatable bonds is 5. The molecular formula is C15H19Cl2N5O3. The van der Waals surface area contributed by atoms with Crippen LogP contribution in [0.5, 0.6) is 0 Å². The zero-order chi connectivity index (χ0) is 16.2. The van der Waals surface area contributed by atoms with E-state index in [2.05, 4.69) is 15.6 Å². The van der Waals surface area contributed by atoms with Crippen LogP contribution in [-0.4, -0.2) is 39.5 Å². The van der Waals surface area contributed by atoms with Gasteiger partial charge in [-0.3, -0.25) is 14.9 Å². The Kier molecular flexibility index (Phi) is 7.82. The molecule has 1 atom stereocenters. The van der Waals surface area contributed by atoms with Crippen LogP contribution in [0.25, 0.3) is 5.69 Å². The van der Waals surface area contributed by atoms with Crippen LogP contribution in [0.4, 0.5) is 5.69 Å². The van der Waals surface area contributed by atoms with Crippen LogP contribution in [0, 0.1) is 10.1 Å². The number of nitrogens with zero attached hydrogens (tertiary/aromatic N) is 3. The number of carbonyl (C=O) groups is 1. The number of hydrogen-bond donors (Lipinski definition) is 2. The summed E-state index contributed by atoms with van der Waals surface area (Å²) in [6, 6.07) is 4.72. The number of hydrogen-bond acceptors (Lipinski definition) is 5. The largest absolute Gasteiger partial charge is 0.350 e. The van der Waals surface area contributed by atoms with Crippen LogP contribution in [0.3, 0.4) is 0 Å². The molecule has 25 heavy (non-hydrogen) atoms. The monoisotopic (exact) mass is 387 g/mol. The normalized spacial score (nSPS) is 15.8. The fourth-order valence-electron chi connectivity index (χ4n) is 2.68. The molecule has 2 aromatic rings. The molecule has 136 valence electrons. The lowest BCUT2D eigenvalue weighted by molar-refractivity contribution is -0.384. The van der Waals surface area contributed by atoms with Crippen molar-refractivity contribution in [3.8, 4) is 5.69 Å². The van der Waals surface area contributed by atoms with E-state index < -0.39 is 4.92 Å². The van der Waals surface area contributed by atoms with Gasteiger partial charge in [0.1, 0.15) is 5.69 Å². The number of amides is 1. The highest BCUT2D eigenvalue weighted by atomic mass is 35.5. The summed E-state index contributed by atoms with van der Waals surface area (Å²) >= 11 is 0. The maximum atomic E-state index is 12.2. The number of halogens is 2. The van der Waals surface area contributed by atoms with E-state index in [0.29, 0.717) is 12.2 Å². The van der Waals surface area contributed by atoms with Crippen LogP contribution >= 0.6 is 24.8 Å². The van der Waals surface area contributed by atoms with Gasteiger partial charge in [-0.25, -0.2) is 4.98 Å². The maximum Gasteiger partial charge on any atom is 0.294 e. The first-order valence-corrected chi connectivity index (χ1v) is 7.43. The summed E-state index contributed by atoms with van der Waals surface area (Å²) < 4.78 is 1.54. The highest BCUT2D eigenvalue weighted by Crippen LogP contribution is 2.24. The summed E-state index contributed by atoms with van der Waals surface area (Å²) in [5.74, 6) is -0.306. The fourth-order valence-corrected chi connectivity index (χ4v) is 2.68. The van der Waals surface area contributed by atoms with Crippen LogP contribution in [0.1, 0.15) is 23.2 Å². The molecular weight excluding hydrogens is 369 g/mol. The molecule has 1 aromatic heterocycles. The molecule has 1 fully saturated rings. The lowest BCUT2D eigenvalue weighted by atomic mass is 10.1. The average molecular weight is 388 g/mol. The third-order valence-corrected chi connectivity index (χ3v) is 3.89. The number of nitro benzene ring substituents is 1. The molecule has 1 amide bonds. The van der Waals surface area contributed by atoms with Crippen molar-refractivity contribution < 1.29 is 9.72 Å². The molecule has 1 aromatic carbocycles. The van der Waals surface area contributed by atoms with E-state index >= 15 is 0 Å². The van der Waals surface area contributed by atoms with Crippen molar-refractivity contribution in [1.82, 2.24) is 20.2 Å². The summed E-state index contributed by atoms with van der Waals surface area (Å²) in [5.41, 5.74) is 0.523. The smallest absolute Gasteiger partial charge is 0.294 e. The van der Waals surface area contributed by atoms with Crippen molar-refractivity contribution >= 4 is 36.4 Å². The highest BCUT2D eigenvalue weighted by molar-refractivity contribution is 5.95. The van der Waals surface area contributed by atoms with Crippen LogP contribution in [0.2, 0.25) is 0 Å². The second kappa shape index (κ2) is 9.36. The first-order valence-electron chi connectivity index (χ1n) is 7.43. The van der Waals surface area contributed by atoms with Gasteiger partial charge in [-0.05, 0) is 31.5 Å². The molecule has 1 unspecified atom stereocenters. The maximum absolute atomic E-state index is 12.2. The summed E-state index contributed by atoms with van der Waals surface area (Å²) in [7, 11) is 0. The minimum atomic E-state index is -0.495. The minimum Gasteiger partial charge on any atom is -0.350 e. The van der Waals surface area contributed by atoms with Gasteiger partial charge < -0.3 is 15.2 Å². The second-order valence-corrected chi connectivity index (χ2v) is 5.43. The Balaban J connectivity index is 0.00000156. The number of nitrogens with one attached hydrogen (secondary N) is 2. The van der Waals surface area contributed by atoms with E-state index in [1.165, 1.54) is 12.4 Å². The Morgan fingerprint density at radius 3 is 2.84 bits per heavy atom. The number of imidazole rings is 1. The third kappa shape index (κ3) is 4.91. The molecule has 3 rings (SSSR count). The van der Waals surface area contributed by atoms with Gasteiger partial charge in [-0.1, -0.05) is 0 Å². The predicted molar refractivity (Wildman–Crippen MR) is 98.1 cm³/mol. The molecule has 2 N–H and O–H groups in total. The summed E-state index contributed by atoms with van der Waals surface area (Å²) in [5, 5.41) is 17.4. The van der Waals surface area contributed by atoms with E-state index in [4.69, 9.17) is 0 Å². The van der Waals surface area contributed by atoms with Gasteiger partial charge in [-0.15, -0.1) is 24.8 Å². The Hall–Kier alpha value is -2.16. The Morgan fingerprint density at radius 1 is 1.44 bits per heavy atom. The molecule has 0 bridgehead atoms. The molecule has 1 aliphatic rings. The lowest BCUT2D eigenvalue weighted by Gasteiger charge is -2.12. The number of benzene rings is 1. The molecule has 8 nitrogen and oxygen atoms in total. The zero-order valence-corrected chi connectivity index (χ0v) is 14.9. The van der Waals surface area contributed by atoms with Crippen LogP contribution < -0.4 is 10.6 Å². The van der Waals surface area contributed by atoms with Crippen molar-refractivity contribution in [1.29, 1.82) is 0 Å². The first-order chi connectivity index (χ1) is 11.1. The fraction of sp³-hybridized carbons (Fsp3) is 0.333.